The highest BCUT2D eigenvalue weighted by molar-refractivity contribution is 5.78. The molecular formula is C15H21N5O. The third-order valence-electron chi connectivity index (χ3n) is 3.35. The molecule has 0 spiro atoms. The fraction of sp³-hybridized carbons (Fsp3) is 0.400. The Balaban J connectivity index is 1.93. The van der Waals surface area contributed by atoms with Crippen LogP contribution < -0.4 is 5.32 Å². The second-order valence-electron chi connectivity index (χ2n) is 4.65. The van der Waals surface area contributed by atoms with E-state index in [9.17, 15) is 4.79 Å². The first-order chi connectivity index (χ1) is 10.3. The van der Waals surface area contributed by atoms with Gasteiger partial charge in [0, 0.05) is 25.2 Å². The number of carbonyl (C=O) groups is 1. The molecule has 1 aromatic carbocycles. The highest BCUT2D eigenvalue weighted by Crippen LogP contribution is 2.18. The molecule has 0 saturated heterocycles. The van der Waals surface area contributed by atoms with E-state index >= 15 is 0 Å². The van der Waals surface area contributed by atoms with E-state index in [4.69, 9.17) is 0 Å². The molecule has 6 nitrogen and oxygen atoms in total. The predicted octanol–water partition coefficient (Wildman–Crippen LogP) is 1.43. The number of H-pyrrole nitrogens is 1. The lowest BCUT2D eigenvalue weighted by Crippen LogP contribution is -2.37. The summed E-state index contributed by atoms with van der Waals surface area (Å²) in [7, 11) is 0. The molecule has 0 saturated carbocycles. The molecule has 1 amide bonds. The zero-order valence-corrected chi connectivity index (χ0v) is 12.5. The molecule has 0 atom stereocenters. The normalized spacial score (nSPS) is 10.6. The van der Waals surface area contributed by atoms with E-state index in [2.05, 4.69) is 20.7 Å². The summed E-state index contributed by atoms with van der Waals surface area (Å²) < 4.78 is 0. The maximum atomic E-state index is 11.9. The zero-order chi connectivity index (χ0) is 15.1. The lowest BCUT2D eigenvalue weighted by molar-refractivity contribution is -0.129. The second-order valence-corrected chi connectivity index (χ2v) is 4.65. The molecule has 1 heterocycles. The molecule has 0 aliphatic carbocycles. The van der Waals surface area contributed by atoms with Gasteiger partial charge in [-0.1, -0.05) is 30.3 Å². The van der Waals surface area contributed by atoms with Crippen molar-refractivity contribution < 1.29 is 4.79 Å². The Bertz CT molecular complexity index is 562. The summed E-state index contributed by atoms with van der Waals surface area (Å²) in [6.07, 6.45) is 0. The quantitative estimate of drug-likeness (QED) is 0.808. The Labute approximate surface area is 124 Å². The number of aromatic amines is 1. The fourth-order valence-electron chi connectivity index (χ4n) is 2.18. The molecule has 0 unspecified atom stereocenters. The van der Waals surface area contributed by atoms with Crippen LogP contribution in [0.2, 0.25) is 0 Å². The average Bonchev–Trinajstić information content (AvgIpc) is 2.98. The summed E-state index contributed by atoms with van der Waals surface area (Å²) >= 11 is 0. The number of nitrogens with one attached hydrogen (secondary N) is 2. The third-order valence-corrected chi connectivity index (χ3v) is 3.35. The van der Waals surface area contributed by atoms with Crippen LogP contribution in [0.15, 0.2) is 30.3 Å². The maximum absolute atomic E-state index is 11.9. The zero-order valence-electron chi connectivity index (χ0n) is 12.5. The van der Waals surface area contributed by atoms with Crippen LogP contribution in [0.25, 0.3) is 11.3 Å². The van der Waals surface area contributed by atoms with Gasteiger partial charge in [-0.3, -0.25) is 4.79 Å². The van der Waals surface area contributed by atoms with Crippen LogP contribution in [0.3, 0.4) is 0 Å². The molecule has 21 heavy (non-hydrogen) atoms. The number of aromatic nitrogens is 3. The number of hydrogen-bond acceptors (Lipinski definition) is 4. The van der Waals surface area contributed by atoms with Crippen LogP contribution in [0.5, 0.6) is 0 Å². The Kier molecular flexibility index (Phi) is 5.45. The van der Waals surface area contributed by atoms with Gasteiger partial charge in [-0.05, 0) is 13.8 Å². The Morgan fingerprint density at radius 2 is 1.90 bits per heavy atom. The van der Waals surface area contributed by atoms with Gasteiger partial charge in [0.2, 0.25) is 5.91 Å². The van der Waals surface area contributed by atoms with E-state index in [1.165, 1.54) is 0 Å². The molecule has 2 N–H and O–H groups in total. The van der Waals surface area contributed by atoms with E-state index in [1.807, 2.05) is 44.2 Å². The third kappa shape index (κ3) is 3.88. The van der Waals surface area contributed by atoms with Gasteiger partial charge in [-0.2, -0.15) is 15.4 Å². The standard InChI is InChI=1S/C15H21N5O/c1-3-20(4-2)14(21)11-16-10-13-15(18-19-17-13)12-8-6-5-7-9-12/h5-9,16H,3-4,10-11H2,1-2H3,(H,17,18,19). The van der Waals surface area contributed by atoms with E-state index in [-0.39, 0.29) is 5.91 Å². The van der Waals surface area contributed by atoms with E-state index in [0.717, 1.165) is 30.0 Å². The molecule has 2 rings (SSSR count). The van der Waals surface area contributed by atoms with Gasteiger partial charge in [-0.15, -0.1) is 0 Å². The van der Waals surface area contributed by atoms with Crippen molar-refractivity contribution in [1.29, 1.82) is 0 Å². The molecule has 1 aromatic heterocycles. The summed E-state index contributed by atoms with van der Waals surface area (Å²) in [4.78, 5) is 13.7. The molecule has 112 valence electrons. The van der Waals surface area contributed by atoms with Gasteiger partial charge < -0.3 is 10.2 Å². The number of likely N-dealkylation sites (N-methyl/N-ethyl adjacent to an activating group) is 1. The van der Waals surface area contributed by atoms with Crippen LogP contribution in [-0.2, 0) is 11.3 Å². The average molecular weight is 287 g/mol. The number of amides is 1. The molecule has 0 radical (unpaired) electrons. The predicted molar refractivity (Wildman–Crippen MR) is 81.5 cm³/mol. The summed E-state index contributed by atoms with van der Waals surface area (Å²) in [5.74, 6) is 0.102. The molecule has 0 aliphatic heterocycles. The second kappa shape index (κ2) is 7.54. The topological polar surface area (TPSA) is 73.9 Å². The Morgan fingerprint density at radius 1 is 1.19 bits per heavy atom. The number of nitrogens with zero attached hydrogens (tertiary/aromatic N) is 3. The van der Waals surface area contributed by atoms with Crippen LogP contribution in [0, 0.1) is 0 Å². The minimum Gasteiger partial charge on any atom is -0.342 e. The number of benzene rings is 1. The van der Waals surface area contributed by atoms with Crippen LogP contribution in [0.4, 0.5) is 0 Å². The van der Waals surface area contributed by atoms with E-state index in [1.54, 1.807) is 4.90 Å². The van der Waals surface area contributed by atoms with Crippen molar-refractivity contribution in [2.24, 2.45) is 0 Å². The molecule has 2 aromatic rings. The largest absolute Gasteiger partial charge is 0.342 e. The Hall–Kier alpha value is -2.21. The summed E-state index contributed by atoms with van der Waals surface area (Å²) in [5.41, 5.74) is 2.64. The van der Waals surface area contributed by atoms with Crippen molar-refractivity contribution in [1.82, 2.24) is 25.6 Å². The van der Waals surface area contributed by atoms with Gasteiger partial charge in [-0.25, -0.2) is 0 Å². The smallest absolute Gasteiger partial charge is 0.236 e. The minimum atomic E-state index is 0.102. The van der Waals surface area contributed by atoms with Crippen LogP contribution in [-0.4, -0.2) is 45.9 Å². The van der Waals surface area contributed by atoms with Crippen LogP contribution in [0.1, 0.15) is 19.5 Å². The lowest BCUT2D eigenvalue weighted by Gasteiger charge is -2.18. The van der Waals surface area contributed by atoms with E-state index < -0.39 is 0 Å². The number of carbonyl (C=O) groups excluding carboxylic acids is 1. The van der Waals surface area contributed by atoms with Crippen molar-refractivity contribution in [3.8, 4) is 11.3 Å². The van der Waals surface area contributed by atoms with Crippen molar-refractivity contribution in [3.63, 3.8) is 0 Å². The fourth-order valence-corrected chi connectivity index (χ4v) is 2.18. The van der Waals surface area contributed by atoms with Gasteiger partial charge in [0.05, 0.1) is 6.54 Å². The monoisotopic (exact) mass is 287 g/mol. The summed E-state index contributed by atoms with van der Waals surface area (Å²) in [6, 6.07) is 9.87. The van der Waals surface area contributed by atoms with Crippen LogP contribution >= 0.6 is 0 Å². The molecule has 0 fully saturated rings. The van der Waals surface area contributed by atoms with Gasteiger partial charge in [0.25, 0.3) is 0 Å². The maximum Gasteiger partial charge on any atom is 0.236 e. The summed E-state index contributed by atoms with van der Waals surface area (Å²) in [6.45, 7) is 6.24. The molecular weight excluding hydrogens is 266 g/mol. The summed E-state index contributed by atoms with van der Waals surface area (Å²) in [5, 5.41) is 14.1. The minimum absolute atomic E-state index is 0.102. The molecule has 0 bridgehead atoms. The van der Waals surface area contributed by atoms with Gasteiger partial charge in [0.1, 0.15) is 11.4 Å². The molecule has 6 heteroatoms. The lowest BCUT2D eigenvalue weighted by atomic mass is 10.1. The highest BCUT2D eigenvalue weighted by Gasteiger charge is 2.12. The number of hydrogen-bond donors (Lipinski definition) is 2. The Morgan fingerprint density at radius 3 is 2.57 bits per heavy atom. The van der Waals surface area contributed by atoms with E-state index in [0.29, 0.717) is 13.1 Å². The first-order valence-electron chi connectivity index (χ1n) is 7.19. The highest BCUT2D eigenvalue weighted by atomic mass is 16.2. The van der Waals surface area contributed by atoms with Crippen molar-refractivity contribution in [2.45, 2.75) is 20.4 Å². The first kappa shape index (κ1) is 15.2. The first-order valence-corrected chi connectivity index (χ1v) is 7.19. The van der Waals surface area contributed by atoms with Gasteiger partial charge >= 0.3 is 0 Å². The number of rotatable bonds is 7. The van der Waals surface area contributed by atoms with Crippen molar-refractivity contribution in [3.05, 3.63) is 36.0 Å². The van der Waals surface area contributed by atoms with Crippen molar-refractivity contribution in [2.75, 3.05) is 19.6 Å². The molecule has 0 aliphatic rings. The van der Waals surface area contributed by atoms with Gasteiger partial charge in [0.15, 0.2) is 0 Å². The van der Waals surface area contributed by atoms with Crippen molar-refractivity contribution >= 4 is 5.91 Å². The SMILES string of the molecule is CCN(CC)C(=O)CNCc1n[nH]nc1-c1ccccc1.